The van der Waals surface area contributed by atoms with Gasteiger partial charge in [-0.2, -0.15) is 0 Å². The van der Waals surface area contributed by atoms with Crippen LogP contribution in [0.3, 0.4) is 0 Å². The Morgan fingerprint density at radius 3 is 2.75 bits per heavy atom. The number of nitrogens with two attached hydrogens (primary N) is 1. The van der Waals surface area contributed by atoms with Gasteiger partial charge in [0.15, 0.2) is 0 Å². The van der Waals surface area contributed by atoms with Gasteiger partial charge in [-0.15, -0.1) is 11.3 Å². The molecule has 1 aromatic carbocycles. The fraction of sp³-hybridized carbons (Fsp3) is 0.167. The van der Waals surface area contributed by atoms with Crippen LogP contribution in [-0.2, 0) is 0 Å². The van der Waals surface area contributed by atoms with Crippen molar-refractivity contribution in [3.63, 3.8) is 0 Å². The number of aryl methyl sites for hydroxylation is 1. The molecular formula is C12H11BrFNS. The van der Waals surface area contributed by atoms with Crippen molar-refractivity contribution in [3.05, 3.63) is 55.9 Å². The van der Waals surface area contributed by atoms with Gasteiger partial charge in [-0.05, 0) is 40.4 Å². The van der Waals surface area contributed by atoms with Gasteiger partial charge in [-0.3, -0.25) is 0 Å². The van der Waals surface area contributed by atoms with Gasteiger partial charge in [0, 0.05) is 14.9 Å². The lowest BCUT2D eigenvalue weighted by Gasteiger charge is -2.12. The molecule has 0 saturated carbocycles. The third-order valence-electron chi connectivity index (χ3n) is 2.41. The molecule has 0 amide bonds. The average molecular weight is 300 g/mol. The zero-order valence-corrected chi connectivity index (χ0v) is 11.1. The van der Waals surface area contributed by atoms with Crippen LogP contribution in [0.1, 0.15) is 22.0 Å². The van der Waals surface area contributed by atoms with Gasteiger partial charge in [-0.25, -0.2) is 4.39 Å². The Morgan fingerprint density at radius 1 is 1.38 bits per heavy atom. The molecule has 2 N–H and O–H groups in total. The van der Waals surface area contributed by atoms with Crippen molar-refractivity contribution in [1.29, 1.82) is 0 Å². The monoisotopic (exact) mass is 299 g/mol. The maximum atomic E-state index is 13.7. The van der Waals surface area contributed by atoms with Crippen molar-refractivity contribution < 1.29 is 4.39 Å². The molecule has 84 valence electrons. The number of benzene rings is 1. The van der Waals surface area contributed by atoms with Crippen molar-refractivity contribution in [2.75, 3.05) is 0 Å². The maximum Gasteiger partial charge on any atom is 0.128 e. The zero-order chi connectivity index (χ0) is 11.7. The fourth-order valence-corrected chi connectivity index (χ4v) is 3.21. The molecule has 1 unspecified atom stereocenters. The van der Waals surface area contributed by atoms with Crippen LogP contribution in [0.25, 0.3) is 0 Å². The Bertz CT molecular complexity index is 509. The van der Waals surface area contributed by atoms with Crippen LogP contribution >= 0.6 is 27.3 Å². The standard InChI is InChI=1S/C12H11BrFNS/c1-7-2-3-10(14)8(6-7)11(15)12-9(13)4-5-16-12/h2-6,11H,15H2,1H3. The van der Waals surface area contributed by atoms with Gasteiger partial charge in [0.2, 0.25) is 0 Å². The Hall–Kier alpha value is -0.710. The third kappa shape index (κ3) is 2.19. The molecule has 1 aromatic heterocycles. The Kier molecular flexibility index (Phi) is 3.42. The Labute approximate surface area is 106 Å². The molecule has 1 atom stereocenters. The van der Waals surface area contributed by atoms with Crippen molar-refractivity contribution in [1.82, 2.24) is 0 Å². The largest absolute Gasteiger partial charge is 0.319 e. The normalized spacial score (nSPS) is 12.8. The first-order chi connectivity index (χ1) is 7.59. The summed E-state index contributed by atoms with van der Waals surface area (Å²) < 4.78 is 14.6. The van der Waals surface area contributed by atoms with E-state index < -0.39 is 6.04 Å². The van der Waals surface area contributed by atoms with Crippen LogP contribution in [0.2, 0.25) is 0 Å². The summed E-state index contributed by atoms with van der Waals surface area (Å²) in [5.74, 6) is -0.251. The van der Waals surface area contributed by atoms with Crippen molar-refractivity contribution >= 4 is 27.3 Å². The molecule has 2 rings (SSSR count). The topological polar surface area (TPSA) is 26.0 Å². The quantitative estimate of drug-likeness (QED) is 0.891. The van der Waals surface area contributed by atoms with Crippen LogP contribution in [0.5, 0.6) is 0 Å². The fourth-order valence-electron chi connectivity index (χ4n) is 1.57. The summed E-state index contributed by atoms with van der Waals surface area (Å²) in [6.45, 7) is 1.93. The molecule has 4 heteroatoms. The number of halogens is 2. The van der Waals surface area contributed by atoms with E-state index in [1.807, 2.05) is 18.4 Å². The molecule has 0 aliphatic heterocycles. The van der Waals surface area contributed by atoms with Gasteiger partial charge >= 0.3 is 0 Å². The molecular weight excluding hydrogens is 289 g/mol. The highest BCUT2D eigenvalue weighted by Crippen LogP contribution is 2.32. The maximum absolute atomic E-state index is 13.7. The van der Waals surface area contributed by atoms with Crippen molar-refractivity contribution in [3.8, 4) is 0 Å². The van der Waals surface area contributed by atoms with E-state index in [1.54, 1.807) is 12.1 Å². The second kappa shape index (κ2) is 4.65. The summed E-state index contributed by atoms with van der Waals surface area (Å²) in [6, 6.07) is 6.52. The van der Waals surface area contributed by atoms with E-state index >= 15 is 0 Å². The second-order valence-corrected chi connectivity index (χ2v) is 5.44. The molecule has 2 aromatic rings. The smallest absolute Gasteiger partial charge is 0.128 e. The Morgan fingerprint density at radius 2 is 2.12 bits per heavy atom. The van der Waals surface area contributed by atoms with E-state index in [4.69, 9.17) is 5.73 Å². The molecule has 0 bridgehead atoms. The average Bonchev–Trinajstić information content (AvgIpc) is 2.67. The van der Waals surface area contributed by atoms with Crippen LogP contribution in [-0.4, -0.2) is 0 Å². The first-order valence-electron chi connectivity index (χ1n) is 4.84. The zero-order valence-electron chi connectivity index (χ0n) is 8.71. The van der Waals surface area contributed by atoms with Gasteiger partial charge in [-0.1, -0.05) is 17.7 Å². The first-order valence-corrected chi connectivity index (χ1v) is 6.51. The SMILES string of the molecule is Cc1ccc(F)c(C(N)c2sccc2Br)c1. The van der Waals surface area contributed by atoms with E-state index in [1.165, 1.54) is 17.4 Å². The van der Waals surface area contributed by atoms with Crippen LogP contribution in [0, 0.1) is 12.7 Å². The van der Waals surface area contributed by atoms with E-state index in [-0.39, 0.29) is 5.82 Å². The predicted octanol–water partition coefficient (Wildman–Crippen LogP) is 4.01. The van der Waals surface area contributed by atoms with Crippen LogP contribution in [0.15, 0.2) is 34.1 Å². The van der Waals surface area contributed by atoms with Gasteiger partial charge in [0.25, 0.3) is 0 Å². The number of hydrogen-bond acceptors (Lipinski definition) is 2. The van der Waals surface area contributed by atoms with E-state index in [0.717, 1.165) is 14.9 Å². The molecule has 0 aliphatic carbocycles. The van der Waals surface area contributed by atoms with E-state index in [0.29, 0.717) is 5.56 Å². The minimum atomic E-state index is -0.408. The molecule has 0 spiro atoms. The molecule has 0 radical (unpaired) electrons. The lowest BCUT2D eigenvalue weighted by atomic mass is 10.0. The molecule has 0 aliphatic rings. The summed E-state index contributed by atoms with van der Waals surface area (Å²) in [6.07, 6.45) is 0. The number of rotatable bonds is 2. The Balaban J connectivity index is 2.45. The first kappa shape index (κ1) is 11.8. The molecule has 0 fully saturated rings. The minimum absolute atomic E-state index is 0.251. The lowest BCUT2D eigenvalue weighted by Crippen LogP contribution is -2.12. The highest BCUT2D eigenvalue weighted by molar-refractivity contribution is 9.10. The molecule has 16 heavy (non-hydrogen) atoms. The number of hydrogen-bond donors (Lipinski definition) is 1. The van der Waals surface area contributed by atoms with E-state index in [2.05, 4.69) is 15.9 Å². The third-order valence-corrected chi connectivity index (χ3v) is 4.37. The van der Waals surface area contributed by atoms with E-state index in [9.17, 15) is 4.39 Å². The van der Waals surface area contributed by atoms with Crippen LogP contribution in [0.4, 0.5) is 4.39 Å². The van der Waals surface area contributed by atoms with Crippen LogP contribution < -0.4 is 5.73 Å². The van der Waals surface area contributed by atoms with Crippen molar-refractivity contribution in [2.24, 2.45) is 5.73 Å². The predicted molar refractivity (Wildman–Crippen MR) is 69.2 cm³/mol. The molecule has 1 heterocycles. The van der Waals surface area contributed by atoms with Crippen molar-refractivity contribution in [2.45, 2.75) is 13.0 Å². The highest BCUT2D eigenvalue weighted by Gasteiger charge is 2.17. The summed E-state index contributed by atoms with van der Waals surface area (Å²) in [5.41, 5.74) is 7.63. The second-order valence-electron chi connectivity index (χ2n) is 3.64. The van der Waals surface area contributed by atoms with Gasteiger partial charge in [0.05, 0.1) is 6.04 Å². The number of thiophene rings is 1. The summed E-state index contributed by atoms with van der Waals surface area (Å²) >= 11 is 4.94. The minimum Gasteiger partial charge on any atom is -0.319 e. The summed E-state index contributed by atoms with van der Waals surface area (Å²) in [5, 5.41) is 1.94. The highest BCUT2D eigenvalue weighted by atomic mass is 79.9. The lowest BCUT2D eigenvalue weighted by molar-refractivity contribution is 0.600. The molecule has 0 saturated heterocycles. The molecule has 1 nitrogen and oxygen atoms in total. The van der Waals surface area contributed by atoms with Gasteiger partial charge in [0.1, 0.15) is 5.82 Å². The summed E-state index contributed by atoms with van der Waals surface area (Å²) in [7, 11) is 0. The van der Waals surface area contributed by atoms with Gasteiger partial charge < -0.3 is 5.73 Å². The summed E-state index contributed by atoms with van der Waals surface area (Å²) in [4.78, 5) is 0.949.